The zero-order chi connectivity index (χ0) is 26.5. The molecular weight excluding hydrogens is 476 g/mol. The number of anilines is 1. The lowest BCUT2D eigenvalue weighted by Crippen LogP contribution is -2.35. The molecule has 1 fully saturated rings. The highest BCUT2D eigenvalue weighted by atomic mass is 16.5. The van der Waals surface area contributed by atoms with Gasteiger partial charge >= 0.3 is 0 Å². The van der Waals surface area contributed by atoms with Crippen LogP contribution in [-0.4, -0.2) is 49.3 Å². The quantitative estimate of drug-likeness (QED) is 0.300. The first-order chi connectivity index (χ1) is 18.5. The van der Waals surface area contributed by atoms with E-state index in [1.54, 1.807) is 49.6 Å². The van der Waals surface area contributed by atoms with E-state index in [1.807, 2.05) is 36.4 Å². The Labute approximate surface area is 223 Å². The monoisotopic (exact) mass is 508 g/mol. The number of amides is 1. The van der Waals surface area contributed by atoms with Crippen LogP contribution in [0.5, 0.6) is 17.2 Å². The van der Waals surface area contributed by atoms with Crippen molar-refractivity contribution in [2.24, 2.45) is 0 Å². The van der Waals surface area contributed by atoms with Crippen LogP contribution in [0, 0.1) is 0 Å². The molecule has 4 aromatic rings. The number of carbonyl (C=O) groups is 1. The predicted octanol–water partition coefficient (Wildman–Crippen LogP) is 6.46. The molecule has 0 aromatic heterocycles. The van der Waals surface area contributed by atoms with Crippen molar-refractivity contribution in [3.8, 4) is 39.5 Å². The Morgan fingerprint density at radius 1 is 0.842 bits per heavy atom. The molecule has 1 amide bonds. The molecule has 194 valence electrons. The molecule has 0 aliphatic carbocycles. The largest absolute Gasteiger partial charge is 0.508 e. The molecule has 5 rings (SSSR count). The lowest BCUT2D eigenvalue weighted by atomic mass is 10.0. The molecule has 6 nitrogen and oxygen atoms in total. The maximum Gasteiger partial charge on any atom is 0.255 e. The van der Waals surface area contributed by atoms with Crippen LogP contribution in [0.15, 0.2) is 91.0 Å². The third kappa shape index (κ3) is 5.98. The van der Waals surface area contributed by atoms with Crippen molar-refractivity contribution >= 4 is 11.6 Å². The summed E-state index contributed by atoms with van der Waals surface area (Å²) in [4.78, 5) is 15.4. The molecule has 0 atom stereocenters. The first-order valence-electron chi connectivity index (χ1n) is 12.8. The van der Waals surface area contributed by atoms with E-state index < -0.39 is 0 Å². The number of nitrogens with zero attached hydrogens (tertiary/aromatic N) is 1. The van der Waals surface area contributed by atoms with Crippen LogP contribution in [0.25, 0.3) is 22.3 Å². The van der Waals surface area contributed by atoms with Crippen molar-refractivity contribution in [3.05, 3.63) is 96.6 Å². The molecule has 1 aliphatic heterocycles. The summed E-state index contributed by atoms with van der Waals surface area (Å²) < 4.78 is 11.6. The first-order valence-corrected chi connectivity index (χ1v) is 12.8. The van der Waals surface area contributed by atoms with Gasteiger partial charge in [-0.25, -0.2) is 0 Å². The topological polar surface area (TPSA) is 71.0 Å². The van der Waals surface area contributed by atoms with Gasteiger partial charge in [-0.2, -0.15) is 0 Å². The smallest absolute Gasteiger partial charge is 0.255 e. The van der Waals surface area contributed by atoms with Crippen LogP contribution < -0.4 is 14.8 Å². The van der Waals surface area contributed by atoms with Crippen LogP contribution in [0.2, 0.25) is 0 Å². The average Bonchev–Trinajstić information content (AvgIpc) is 2.95. The number of ether oxygens (including phenoxy) is 2. The predicted molar refractivity (Wildman–Crippen MR) is 151 cm³/mol. The van der Waals surface area contributed by atoms with Crippen molar-refractivity contribution in [3.63, 3.8) is 0 Å². The van der Waals surface area contributed by atoms with Crippen molar-refractivity contribution in [2.75, 3.05) is 32.6 Å². The van der Waals surface area contributed by atoms with Gasteiger partial charge in [0.2, 0.25) is 0 Å². The molecule has 4 aromatic carbocycles. The second-order valence-electron chi connectivity index (χ2n) is 9.64. The van der Waals surface area contributed by atoms with Gasteiger partial charge in [-0.1, -0.05) is 36.4 Å². The van der Waals surface area contributed by atoms with E-state index in [1.165, 1.54) is 0 Å². The lowest BCUT2D eigenvalue weighted by Gasteiger charge is -2.29. The van der Waals surface area contributed by atoms with E-state index in [-0.39, 0.29) is 17.8 Å². The fourth-order valence-corrected chi connectivity index (χ4v) is 4.69. The summed E-state index contributed by atoms with van der Waals surface area (Å²) in [5.74, 6) is 1.52. The molecule has 0 spiro atoms. The second kappa shape index (κ2) is 11.4. The van der Waals surface area contributed by atoms with E-state index in [9.17, 15) is 9.90 Å². The van der Waals surface area contributed by atoms with Gasteiger partial charge in [0.1, 0.15) is 23.4 Å². The molecule has 1 saturated heterocycles. The molecule has 38 heavy (non-hydrogen) atoms. The van der Waals surface area contributed by atoms with Gasteiger partial charge in [0.05, 0.1) is 7.11 Å². The number of piperidine rings is 1. The summed E-state index contributed by atoms with van der Waals surface area (Å²) in [5.41, 5.74) is 5.00. The average molecular weight is 509 g/mol. The summed E-state index contributed by atoms with van der Waals surface area (Å²) in [6.45, 7) is 2.15. The number of rotatable bonds is 7. The van der Waals surface area contributed by atoms with Crippen molar-refractivity contribution in [2.45, 2.75) is 18.9 Å². The van der Waals surface area contributed by atoms with Crippen molar-refractivity contribution < 1.29 is 19.4 Å². The molecule has 0 radical (unpaired) electrons. The van der Waals surface area contributed by atoms with Crippen LogP contribution in [-0.2, 0) is 0 Å². The van der Waals surface area contributed by atoms with Crippen LogP contribution in [0.3, 0.4) is 0 Å². The second-order valence-corrected chi connectivity index (χ2v) is 9.64. The third-order valence-corrected chi connectivity index (χ3v) is 6.94. The molecule has 2 N–H and O–H groups in total. The molecule has 1 aliphatic rings. The van der Waals surface area contributed by atoms with Crippen LogP contribution in [0.4, 0.5) is 5.69 Å². The van der Waals surface area contributed by atoms with E-state index in [4.69, 9.17) is 9.47 Å². The maximum absolute atomic E-state index is 13.0. The number of nitrogens with one attached hydrogen (secondary N) is 1. The minimum absolute atomic E-state index is 0.182. The molecule has 0 saturated carbocycles. The Bertz CT molecular complexity index is 1370. The van der Waals surface area contributed by atoms with E-state index >= 15 is 0 Å². The zero-order valence-corrected chi connectivity index (χ0v) is 21.7. The molecule has 0 bridgehead atoms. The van der Waals surface area contributed by atoms with Gasteiger partial charge in [0.15, 0.2) is 0 Å². The van der Waals surface area contributed by atoms with Gasteiger partial charge in [-0.15, -0.1) is 0 Å². The summed E-state index contributed by atoms with van der Waals surface area (Å²) >= 11 is 0. The summed E-state index contributed by atoms with van der Waals surface area (Å²) in [6.07, 6.45) is 2.39. The number of likely N-dealkylation sites (tertiary alicyclic amines) is 1. The summed E-state index contributed by atoms with van der Waals surface area (Å²) in [7, 11) is 3.74. The third-order valence-electron chi connectivity index (χ3n) is 6.94. The molecule has 6 heteroatoms. The van der Waals surface area contributed by atoms with Crippen molar-refractivity contribution in [1.82, 2.24) is 4.90 Å². The van der Waals surface area contributed by atoms with Gasteiger partial charge in [-0.3, -0.25) is 4.79 Å². The SMILES string of the molecule is COc1ccc(C(=O)Nc2ccc(-c3ccc(OC4CCN(C)CC4)cc3)cc2)cc1-c1ccc(O)cc1. The fourth-order valence-electron chi connectivity index (χ4n) is 4.69. The van der Waals surface area contributed by atoms with Gasteiger partial charge in [0.25, 0.3) is 5.91 Å². The van der Waals surface area contributed by atoms with E-state index in [2.05, 4.69) is 29.4 Å². The van der Waals surface area contributed by atoms with E-state index in [0.717, 1.165) is 53.9 Å². The minimum atomic E-state index is -0.212. The Morgan fingerprint density at radius 2 is 1.45 bits per heavy atom. The van der Waals surface area contributed by atoms with Crippen LogP contribution in [0.1, 0.15) is 23.2 Å². The van der Waals surface area contributed by atoms with Crippen LogP contribution >= 0.6 is 0 Å². The number of phenols is 1. The van der Waals surface area contributed by atoms with Gasteiger partial charge < -0.3 is 24.8 Å². The first kappa shape index (κ1) is 25.4. The fraction of sp³-hybridized carbons (Fsp3) is 0.219. The number of methoxy groups -OCH3 is 1. The number of hydrogen-bond acceptors (Lipinski definition) is 5. The normalized spacial score (nSPS) is 14.2. The zero-order valence-electron chi connectivity index (χ0n) is 21.7. The minimum Gasteiger partial charge on any atom is -0.508 e. The Kier molecular flexibility index (Phi) is 7.61. The maximum atomic E-state index is 13.0. The number of aromatic hydroxyl groups is 1. The Morgan fingerprint density at radius 3 is 2.08 bits per heavy atom. The number of phenolic OH excluding ortho intramolecular Hbond substituents is 1. The highest BCUT2D eigenvalue weighted by Gasteiger charge is 2.18. The van der Waals surface area contributed by atoms with Gasteiger partial charge in [0, 0.05) is 29.9 Å². The Balaban J connectivity index is 1.24. The standard InChI is InChI=1S/C32H32N2O4/c1-34-19-17-29(18-20-34)38-28-14-7-23(8-15-28)22-3-10-26(11-4-22)33-32(36)25-9-16-31(37-2)30(21-25)24-5-12-27(35)13-6-24/h3-16,21,29,35H,17-20H2,1-2H3,(H,33,36). The summed E-state index contributed by atoms with van der Waals surface area (Å²) in [6, 6.07) is 28.1. The summed E-state index contributed by atoms with van der Waals surface area (Å²) in [5, 5.41) is 12.6. The lowest BCUT2D eigenvalue weighted by molar-refractivity contribution is 0.102. The number of hydrogen-bond donors (Lipinski definition) is 2. The highest BCUT2D eigenvalue weighted by molar-refractivity contribution is 6.05. The van der Waals surface area contributed by atoms with Crippen molar-refractivity contribution in [1.29, 1.82) is 0 Å². The molecule has 1 heterocycles. The number of carbonyl (C=O) groups excluding carboxylic acids is 1. The van der Waals surface area contributed by atoms with E-state index in [0.29, 0.717) is 17.0 Å². The highest BCUT2D eigenvalue weighted by Crippen LogP contribution is 2.32. The number of benzene rings is 4. The molecule has 0 unspecified atom stereocenters. The van der Waals surface area contributed by atoms with Gasteiger partial charge in [-0.05, 0) is 91.2 Å². The Hall–Kier alpha value is -4.29. The molecular formula is C32H32N2O4.